The van der Waals surface area contributed by atoms with Gasteiger partial charge < -0.3 is 10.1 Å². The summed E-state index contributed by atoms with van der Waals surface area (Å²) in [6, 6.07) is 4.57. The molecule has 1 fully saturated rings. The van der Waals surface area contributed by atoms with E-state index in [4.69, 9.17) is 4.74 Å². The van der Waals surface area contributed by atoms with Crippen LogP contribution >= 0.6 is 0 Å². The van der Waals surface area contributed by atoms with E-state index in [2.05, 4.69) is 10.3 Å². The van der Waals surface area contributed by atoms with Crippen molar-refractivity contribution in [2.24, 2.45) is 0 Å². The molecule has 104 valence electrons. The Kier molecular flexibility index (Phi) is 4.49. The molecule has 6 nitrogen and oxygen atoms in total. The van der Waals surface area contributed by atoms with Gasteiger partial charge in [-0.25, -0.2) is 13.4 Å². The highest BCUT2D eigenvalue weighted by Gasteiger charge is 2.22. The summed E-state index contributed by atoms with van der Waals surface area (Å²) in [4.78, 5) is 15.4. The van der Waals surface area contributed by atoms with Crippen molar-refractivity contribution in [3.05, 3.63) is 24.4 Å². The molecule has 1 amide bonds. The van der Waals surface area contributed by atoms with E-state index in [1.54, 1.807) is 12.1 Å². The SMILES string of the molecule is O=C(CS(=O)(=O)c1ccccn1)NCC1CCCO1. The Bertz CT molecular complexity index is 524. The van der Waals surface area contributed by atoms with Crippen molar-refractivity contribution >= 4 is 15.7 Å². The van der Waals surface area contributed by atoms with Crippen LogP contribution < -0.4 is 5.32 Å². The summed E-state index contributed by atoms with van der Waals surface area (Å²) in [6.07, 6.45) is 3.26. The molecule has 1 unspecified atom stereocenters. The van der Waals surface area contributed by atoms with Crippen LogP contribution in [-0.4, -0.2) is 44.3 Å². The molecule has 1 N–H and O–H groups in total. The quantitative estimate of drug-likeness (QED) is 0.832. The van der Waals surface area contributed by atoms with Crippen molar-refractivity contribution in [2.45, 2.75) is 24.0 Å². The first-order valence-corrected chi connectivity index (χ1v) is 7.75. The van der Waals surface area contributed by atoms with Crippen LogP contribution in [0.2, 0.25) is 0 Å². The summed E-state index contributed by atoms with van der Waals surface area (Å²) in [7, 11) is -3.67. The van der Waals surface area contributed by atoms with Gasteiger partial charge in [-0.05, 0) is 25.0 Å². The van der Waals surface area contributed by atoms with Crippen molar-refractivity contribution in [1.29, 1.82) is 0 Å². The Balaban J connectivity index is 1.87. The second-order valence-electron chi connectivity index (χ2n) is 4.37. The first-order valence-electron chi connectivity index (χ1n) is 6.10. The van der Waals surface area contributed by atoms with E-state index in [-0.39, 0.29) is 11.1 Å². The number of rotatable bonds is 5. The standard InChI is InChI=1S/C12H16N2O4S/c15-11(14-8-10-4-3-7-18-10)9-19(16,17)12-5-1-2-6-13-12/h1-2,5-6,10H,3-4,7-9H2,(H,14,15). The van der Waals surface area contributed by atoms with Crippen molar-refractivity contribution in [3.8, 4) is 0 Å². The Labute approximate surface area is 112 Å². The number of hydrogen-bond acceptors (Lipinski definition) is 5. The van der Waals surface area contributed by atoms with Crippen LogP contribution in [0, 0.1) is 0 Å². The maximum atomic E-state index is 11.9. The highest BCUT2D eigenvalue weighted by molar-refractivity contribution is 7.92. The fourth-order valence-electron chi connectivity index (χ4n) is 1.86. The lowest BCUT2D eigenvalue weighted by atomic mass is 10.2. The number of ether oxygens (including phenoxy) is 1. The minimum Gasteiger partial charge on any atom is -0.376 e. The molecular formula is C12H16N2O4S. The largest absolute Gasteiger partial charge is 0.376 e. The monoisotopic (exact) mass is 284 g/mol. The fraction of sp³-hybridized carbons (Fsp3) is 0.500. The van der Waals surface area contributed by atoms with Crippen LogP contribution in [0.25, 0.3) is 0 Å². The molecule has 1 aromatic rings. The van der Waals surface area contributed by atoms with Gasteiger partial charge in [-0.15, -0.1) is 0 Å². The van der Waals surface area contributed by atoms with Crippen LogP contribution in [0.1, 0.15) is 12.8 Å². The maximum absolute atomic E-state index is 11.9. The minimum atomic E-state index is -3.67. The maximum Gasteiger partial charge on any atom is 0.235 e. The summed E-state index contributed by atoms with van der Waals surface area (Å²) >= 11 is 0. The number of aromatic nitrogens is 1. The highest BCUT2D eigenvalue weighted by atomic mass is 32.2. The lowest BCUT2D eigenvalue weighted by Gasteiger charge is -2.10. The normalized spacial score (nSPS) is 19.3. The third-order valence-corrected chi connectivity index (χ3v) is 4.35. The van der Waals surface area contributed by atoms with Crippen LogP contribution in [-0.2, 0) is 19.4 Å². The van der Waals surface area contributed by atoms with Gasteiger partial charge in [-0.2, -0.15) is 0 Å². The summed E-state index contributed by atoms with van der Waals surface area (Å²) in [5.41, 5.74) is 0. The molecule has 0 aliphatic carbocycles. The van der Waals surface area contributed by atoms with Crippen molar-refractivity contribution in [3.63, 3.8) is 0 Å². The van der Waals surface area contributed by atoms with Gasteiger partial charge in [0.1, 0.15) is 5.75 Å². The van der Waals surface area contributed by atoms with E-state index in [9.17, 15) is 13.2 Å². The molecule has 2 rings (SSSR count). The molecule has 0 bridgehead atoms. The molecule has 0 radical (unpaired) electrons. The first-order chi connectivity index (χ1) is 9.08. The van der Waals surface area contributed by atoms with Crippen molar-refractivity contribution < 1.29 is 17.9 Å². The number of amides is 1. The van der Waals surface area contributed by atoms with Gasteiger partial charge in [-0.3, -0.25) is 4.79 Å². The number of carbonyl (C=O) groups excluding carboxylic acids is 1. The summed E-state index contributed by atoms with van der Waals surface area (Å²) in [6.45, 7) is 1.06. The van der Waals surface area contributed by atoms with Crippen LogP contribution in [0.4, 0.5) is 0 Å². The fourth-order valence-corrected chi connectivity index (χ4v) is 2.96. The molecule has 1 atom stereocenters. The zero-order chi connectivity index (χ0) is 13.7. The molecule has 1 aliphatic rings. The predicted octanol–water partition coefficient (Wildman–Crippen LogP) is 0.150. The second kappa shape index (κ2) is 6.12. The van der Waals surface area contributed by atoms with Gasteiger partial charge in [-0.1, -0.05) is 6.07 Å². The number of nitrogens with one attached hydrogen (secondary N) is 1. The number of sulfone groups is 1. The first kappa shape index (κ1) is 14.0. The number of pyridine rings is 1. The average Bonchev–Trinajstić information content (AvgIpc) is 2.90. The van der Waals surface area contributed by atoms with E-state index in [0.29, 0.717) is 13.2 Å². The molecule has 0 saturated carbocycles. The van der Waals surface area contributed by atoms with Crippen LogP contribution in [0.3, 0.4) is 0 Å². The van der Waals surface area contributed by atoms with E-state index < -0.39 is 21.5 Å². The zero-order valence-electron chi connectivity index (χ0n) is 10.4. The molecule has 1 aliphatic heterocycles. The third kappa shape index (κ3) is 4.00. The van der Waals surface area contributed by atoms with Gasteiger partial charge in [0.25, 0.3) is 0 Å². The van der Waals surface area contributed by atoms with Crippen LogP contribution in [0.15, 0.2) is 29.4 Å². The Morgan fingerprint density at radius 1 is 1.47 bits per heavy atom. The van der Waals surface area contributed by atoms with Gasteiger partial charge >= 0.3 is 0 Å². The van der Waals surface area contributed by atoms with E-state index >= 15 is 0 Å². The molecule has 0 aromatic carbocycles. The minimum absolute atomic E-state index is 0.00139. The van der Waals surface area contributed by atoms with E-state index in [0.717, 1.165) is 12.8 Å². The van der Waals surface area contributed by atoms with E-state index in [1.807, 2.05) is 0 Å². The Morgan fingerprint density at radius 2 is 2.32 bits per heavy atom. The molecule has 1 saturated heterocycles. The van der Waals surface area contributed by atoms with Gasteiger partial charge in [0.05, 0.1) is 6.10 Å². The van der Waals surface area contributed by atoms with Gasteiger partial charge in [0.15, 0.2) is 5.03 Å². The average molecular weight is 284 g/mol. The Morgan fingerprint density at radius 3 is 2.95 bits per heavy atom. The lowest BCUT2D eigenvalue weighted by Crippen LogP contribution is -2.35. The topological polar surface area (TPSA) is 85.4 Å². The van der Waals surface area contributed by atoms with Gasteiger partial charge in [0.2, 0.25) is 15.7 Å². The Hall–Kier alpha value is -1.47. The third-order valence-electron chi connectivity index (χ3n) is 2.83. The molecule has 0 spiro atoms. The molecule has 19 heavy (non-hydrogen) atoms. The van der Waals surface area contributed by atoms with Crippen molar-refractivity contribution in [2.75, 3.05) is 18.9 Å². The predicted molar refractivity (Wildman–Crippen MR) is 68.3 cm³/mol. The number of nitrogens with zero attached hydrogens (tertiary/aromatic N) is 1. The molecule has 7 heteroatoms. The number of hydrogen-bond donors (Lipinski definition) is 1. The van der Waals surface area contributed by atoms with Crippen LogP contribution in [0.5, 0.6) is 0 Å². The summed E-state index contributed by atoms with van der Waals surface area (Å²) < 4.78 is 29.1. The van der Waals surface area contributed by atoms with Crippen molar-refractivity contribution in [1.82, 2.24) is 10.3 Å². The lowest BCUT2D eigenvalue weighted by molar-refractivity contribution is -0.119. The molecular weight excluding hydrogens is 268 g/mol. The summed E-state index contributed by atoms with van der Waals surface area (Å²) in [5, 5.41) is 2.50. The van der Waals surface area contributed by atoms with E-state index in [1.165, 1.54) is 12.3 Å². The van der Waals surface area contributed by atoms with Gasteiger partial charge in [0, 0.05) is 19.3 Å². The summed E-state index contributed by atoms with van der Waals surface area (Å²) in [5.74, 6) is -1.11. The highest BCUT2D eigenvalue weighted by Crippen LogP contribution is 2.11. The number of carbonyl (C=O) groups is 1. The molecule has 2 heterocycles. The molecule has 1 aromatic heterocycles. The zero-order valence-corrected chi connectivity index (χ0v) is 11.2. The second-order valence-corrected chi connectivity index (χ2v) is 6.30. The smallest absolute Gasteiger partial charge is 0.235 e.